The molecule has 0 saturated heterocycles. The molecule has 1 atom stereocenters. The SMILES string of the molecule is CCCCCCCCC(C#N)CCCc1ccc(-c2ccccc2)cc1. The molecule has 0 radical (unpaired) electrons. The van der Waals surface area contributed by atoms with Crippen LogP contribution in [0.5, 0.6) is 0 Å². The van der Waals surface area contributed by atoms with Gasteiger partial charge in [0.05, 0.1) is 6.07 Å². The minimum Gasteiger partial charge on any atom is -0.198 e. The van der Waals surface area contributed by atoms with Gasteiger partial charge in [-0.05, 0) is 42.4 Å². The first-order valence-corrected chi connectivity index (χ1v) is 10.4. The summed E-state index contributed by atoms with van der Waals surface area (Å²) in [5.41, 5.74) is 3.91. The number of benzene rings is 2. The largest absolute Gasteiger partial charge is 0.198 e. The van der Waals surface area contributed by atoms with E-state index in [0.717, 1.165) is 25.7 Å². The third kappa shape index (κ3) is 7.44. The molecule has 0 aliphatic rings. The topological polar surface area (TPSA) is 23.8 Å². The molecule has 0 N–H and O–H groups in total. The van der Waals surface area contributed by atoms with E-state index < -0.39 is 0 Å². The van der Waals surface area contributed by atoms with Gasteiger partial charge in [-0.25, -0.2) is 0 Å². The predicted molar refractivity (Wildman–Crippen MR) is 112 cm³/mol. The Balaban J connectivity index is 1.67. The van der Waals surface area contributed by atoms with E-state index in [1.807, 2.05) is 0 Å². The highest BCUT2D eigenvalue weighted by Crippen LogP contribution is 2.21. The Morgan fingerprint density at radius 3 is 2.04 bits per heavy atom. The number of hydrogen-bond acceptors (Lipinski definition) is 1. The minimum atomic E-state index is 0.241. The number of nitrogens with zero attached hydrogens (tertiary/aromatic N) is 1. The second kappa shape index (κ2) is 12.3. The van der Waals surface area contributed by atoms with E-state index in [1.165, 1.54) is 55.2 Å². The molecule has 0 aliphatic carbocycles. The fourth-order valence-corrected chi connectivity index (χ4v) is 3.49. The van der Waals surface area contributed by atoms with Crippen molar-refractivity contribution in [2.24, 2.45) is 5.92 Å². The Bertz CT molecular complexity index is 636. The van der Waals surface area contributed by atoms with Gasteiger partial charge in [0.2, 0.25) is 0 Å². The highest BCUT2D eigenvalue weighted by Gasteiger charge is 2.07. The molecule has 0 aliphatic heterocycles. The monoisotopic (exact) mass is 347 g/mol. The van der Waals surface area contributed by atoms with Crippen LogP contribution in [0.4, 0.5) is 0 Å². The summed E-state index contributed by atoms with van der Waals surface area (Å²) in [6, 6.07) is 21.9. The fourth-order valence-electron chi connectivity index (χ4n) is 3.49. The average molecular weight is 348 g/mol. The first kappa shape index (κ1) is 20.2. The molecule has 0 amide bonds. The van der Waals surface area contributed by atoms with Crippen molar-refractivity contribution < 1.29 is 0 Å². The number of aryl methyl sites for hydroxylation is 1. The van der Waals surface area contributed by atoms with E-state index in [1.54, 1.807) is 0 Å². The molecule has 0 bridgehead atoms. The molecule has 0 saturated carbocycles. The van der Waals surface area contributed by atoms with Crippen molar-refractivity contribution in [3.63, 3.8) is 0 Å². The Morgan fingerprint density at radius 1 is 0.731 bits per heavy atom. The van der Waals surface area contributed by atoms with Crippen molar-refractivity contribution in [3.05, 3.63) is 60.2 Å². The standard InChI is InChI=1S/C25H33N/c1-2-3-4-5-6-8-12-23(21-26)14-11-13-22-17-19-25(20-18-22)24-15-9-7-10-16-24/h7,9-10,15-20,23H,2-6,8,11-14H2,1H3. The molecule has 2 aromatic carbocycles. The van der Waals surface area contributed by atoms with Crippen LogP contribution in [0.25, 0.3) is 11.1 Å². The molecule has 138 valence electrons. The number of unbranched alkanes of at least 4 members (excludes halogenated alkanes) is 5. The smallest absolute Gasteiger partial charge is 0.0655 e. The lowest BCUT2D eigenvalue weighted by atomic mass is 9.94. The molecule has 0 fully saturated rings. The number of hydrogen-bond donors (Lipinski definition) is 0. The van der Waals surface area contributed by atoms with Crippen LogP contribution in [0.15, 0.2) is 54.6 Å². The van der Waals surface area contributed by atoms with E-state index in [0.29, 0.717) is 0 Å². The summed E-state index contributed by atoms with van der Waals surface area (Å²) in [4.78, 5) is 0. The van der Waals surface area contributed by atoms with Gasteiger partial charge in [-0.1, -0.05) is 100 Å². The van der Waals surface area contributed by atoms with Gasteiger partial charge in [-0.2, -0.15) is 5.26 Å². The van der Waals surface area contributed by atoms with Crippen molar-refractivity contribution in [2.75, 3.05) is 0 Å². The maximum absolute atomic E-state index is 9.38. The molecular formula is C25H33N. The van der Waals surface area contributed by atoms with Crippen LogP contribution < -0.4 is 0 Å². The lowest BCUT2D eigenvalue weighted by molar-refractivity contribution is 0.489. The molecule has 1 unspecified atom stereocenters. The van der Waals surface area contributed by atoms with E-state index in [-0.39, 0.29) is 5.92 Å². The van der Waals surface area contributed by atoms with Crippen LogP contribution in [-0.4, -0.2) is 0 Å². The van der Waals surface area contributed by atoms with Crippen LogP contribution in [-0.2, 0) is 6.42 Å². The molecule has 26 heavy (non-hydrogen) atoms. The van der Waals surface area contributed by atoms with Crippen molar-refractivity contribution >= 4 is 0 Å². The Morgan fingerprint density at radius 2 is 1.35 bits per heavy atom. The van der Waals surface area contributed by atoms with Crippen LogP contribution >= 0.6 is 0 Å². The van der Waals surface area contributed by atoms with Gasteiger partial charge in [0.1, 0.15) is 0 Å². The lowest BCUT2D eigenvalue weighted by Crippen LogP contribution is -1.99. The lowest BCUT2D eigenvalue weighted by Gasteiger charge is -2.09. The third-order valence-corrected chi connectivity index (χ3v) is 5.17. The highest BCUT2D eigenvalue weighted by atomic mass is 14.3. The quantitative estimate of drug-likeness (QED) is 0.363. The van der Waals surface area contributed by atoms with Gasteiger partial charge in [-0.15, -0.1) is 0 Å². The molecule has 1 nitrogen and oxygen atoms in total. The van der Waals surface area contributed by atoms with E-state index in [9.17, 15) is 5.26 Å². The molecule has 2 aromatic rings. The van der Waals surface area contributed by atoms with Crippen molar-refractivity contribution in [1.29, 1.82) is 5.26 Å². The van der Waals surface area contributed by atoms with Crippen LogP contribution in [0, 0.1) is 17.2 Å². The third-order valence-electron chi connectivity index (χ3n) is 5.17. The van der Waals surface area contributed by atoms with Crippen LogP contribution in [0.3, 0.4) is 0 Å². The summed E-state index contributed by atoms with van der Waals surface area (Å²) in [6.07, 6.45) is 12.1. The van der Waals surface area contributed by atoms with Gasteiger partial charge in [-0.3, -0.25) is 0 Å². The molecule has 0 spiro atoms. The maximum Gasteiger partial charge on any atom is 0.0655 e. The van der Waals surface area contributed by atoms with Crippen molar-refractivity contribution in [2.45, 2.75) is 71.1 Å². The van der Waals surface area contributed by atoms with Gasteiger partial charge in [0, 0.05) is 5.92 Å². The summed E-state index contributed by atoms with van der Waals surface area (Å²) in [6.45, 7) is 2.25. The van der Waals surface area contributed by atoms with Crippen LogP contribution in [0.2, 0.25) is 0 Å². The van der Waals surface area contributed by atoms with E-state index >= 15 is 0 Å². The normalized spacial score (nSPS) is 11.8. The Kier molecular flexibility index (Phi) is 9.59. The molecule has 2 rings (SSSR count). The van der Waals surface area contributed by atoms with Gasteiger partial charge in [0.25, 0.3) is 0 Å². The minimum absolute atomic E-state index is 0.241. The first-order valence-electron chi connectivity index (χ1n) is 10.4. The van der Waals surface area contributed by atoms with E-state index in [2.05, 4.69) is 67.6 Å². The Hall–Kier alpha value is -2.07. The van der Waals surface area contributed by atoms with Gasteiger partial charge < -0.3 is 0 Å². The van der Waals surface area contributed by atoms with Crippen molar-refractivity contribution in [3.8, 4) is 17.2 Å². The summed E-state index contributed by atoms with van der Waals surface area (Å²) < 4.78 is 0. The number of rotatable bonds is 12. The summed E-state index contributed by atoms with van der Waals surface area (Å²) in [7, 11) is 0. The number of nitriles is 1. The average Bonchev–Trinajstić information content (AvgIpc) is 2.70. The van der Waals surface area contributed by atoms with E-state index in [4.69, 9.17) is 0 Å². The Labute approximate surface area is 160 Å². The zero-order valence-electron chi connectivity index (χ0n) is 16.3. The summed E-state index contributed by atoms with van der Waals surface area (Å²) >= 11 is 0. The van der Waals surface area contributed by atoms with Crippen molar-refractivity contribution in [1.82, 2.24) is 0 Å². The predicted octanol–water partition coefficient (Wildman–Crippen LogP) is 7.57. The fraction of sp³-hybridized carbons (Fsp3) is 0.480. The zero-order valence-corrected chi connectivity index (χ0v) is 16.3. The van der Waals surface area contributed by atoms with Crippen LogP contribution in [0.1, 0.15) is 70.3 Å². The molecular weight excluding hydrogens is 314 g/mol. The molecule has 0 aromatic heterocycles. The second-order valence-electron chi connectivity index (χ2n) is 7.34. The van der Waals surface area contributed by atoms with Gasteiger partial charge >= 0.3 is 0 Å². The summed E-state index contributed by atoms with van der Waals surface area (Å²) in [5.74, 6) is 0.241. The highest BCUT2D eigenvalue weighted by molar-refractivity contribution is 5.63. The maximum atomic E-state index is 9.38. The van der Waals surface area contributed by atoms with Gasteiger partial charge in [0.15, 0.2) is 0 Å². The molecule has 1 heteroatoms. The molecule has 0 heterocycles. The zero-order chi connectivity index (χ0) is 18.5. The first-order chi connectivity index (χ1) is 12.8. The second-order valence-corrected chi connectivity index (χ2v) is 7.34. The summed E-state index contributed by atoms with van der Waals surface area (Å²) in [5, 5.41) is 9.38.